The van der Waals surface area contributed by atoms with Crippen LogP contribution in [0.4, 0.5) is 5.69 Å². The van der Waals surface area contributed by atoms with E-state index in [1.807, 2.05) is 61.9 Å². The number of thioether (sulfide) groups is 1. The van der Waals surface area contributed by atoms with Crippen molar-refractivity contribution < 1.29 is 4.79 Å². The predicted octanol–water partition coefficient (Wildman–Crippen LogP) is 3.32. The molecule has 3 aromatic heterocycles. The van der Waals surface area contributed by atoms with Crippen molar-refractivity contribution in [3.63, 3.8) is 0 Å². The number of carbonyl (C=O) groups excluding carboxylic acids is 1. The van der Waals surface area contributed by atoms with Gasteiger partial charge in [0, 0.05) is 36.6 Å². The summed E-state index contributed by atoms with van der Waals surface area (Å²) < 4.78 is 3.39. The number of aromatic nitrogens is 5. The summed E-state index contributed by atoms with van der Waals surface area (Å²) in [7, 11) is 1.84. The van der Waals surface area contributed by atoms with E-state index in [0.29, 0.717) is 34.3 Å². The molecule has 0 spiro atoms. The molecule has 0 unspecified atom stereocenters. The van der Waals surface area contributed by atoms with Crippen LogP contribution in [0.2, 0.25) is 0 Å². The van der Waals surface area contributed by atoms with Gasteiger partial charge in [-0.15, -0.1) is 10.2 Å². The monoisotopic (exact) mass is 462 g/mol. The third-order valence-corrected chi connectivity index (χ3v) is 6.56. The third kappa shape index (κ3) is 4.83. The number of fused-ring (bicyclic) bond motifs is 1. The Morgan fingerprint density at radius 2 is 1.91 bits per heavy atom. The number of amides is 1. The summed E-state index contributed by atoms with van der Waals surface area (Å²) in [5.74, 6) is 0.750. The Balaban J connectivity index is 1.48. The highest BCUT2D eigenvalue weighted by Crippen LogP contribution is 2.20. The molecule has 0 bridgehead atoms. The van der Waals surface area contributed by atoms with E-state index in [4.69, 9.17) is 0 Å². The van der Waals surface area contributed by atoms with Crippen molar-refractivity contribution in [2.75, 3.05) is 11.1 Å². The molecule has 0 aliphatic carbocycles. The molecule has 0 atom stereocenters. The largest absolute Gasteiger partial charge is 0.325 e. The molecular formula is C24H26N6O2S. The van der Waals surface area contributed by atoms with Crippen LogP contribution < -0.4 is 10.9 Å². The minimum atomic E-state index is -0.104. The van der Waals surface area contributed by atoms with Crippen molar-refractivity contribution in [2.24, 2.45) is 7.05 Å². The molecule has 3 heterocycles. The molecule has 9 heteroatoms. The molecule has 0 radical (unpaired) electrons. The maximum atomic E-state index is 13.1. The van der Waals surface area contributed by atoms with Crippen molar-refractivity contribution in [1.82, 2.24) is 24.1 Å². The van der Waals surface area contributed by atoms with Crippen LogP contribution in [0.15, 0.2) is 52.5 Å². The summed E-state index contributed by atoms with van der Waals surface area (Å²) in [4.78, 5) is 30.1. The zero-order chi connectivity index (χ0) is 23.5. The van der Waals surface area contributed by atoms with Crippen LogP contribution in [0, 0.1) is 13.8 Å². The summed E-state index contributed by atoms with van der Waals surface area (Å²) >= 11 is 1.31. The molecule has 0 saturated heterocycles. The van der Waals surface area contributed by atoms with Gasteiger partial charge in [-0.3, -0.25) is 14.0 Å². The summed E-state index contributed by atoms with van der Waals surface area (Å²) in [6.45, 7) is 5.83. The summed E-state index contributed by atoms with van der Waals surface area (Å²) in [5.41, 5.74) is 4.69. The van der Waals surface area contributed by atoms with Gasteiger partial charge in [-0.05, 0) is 43.5 Å². The van der Waals surface area contributed by atoms with E-state index >= 15 is 0 Å². The molecule has 1 N–H and O–H groups in total. The van der Waals surface area contributed by atoms with Crippen LogP contribution >= 0.6 is 11.8 Å². The lowest BCUT2D eigenvalue weighted by molar-refractivity contribution is -0.113. The molecule has 8 nitrogen and oxygen atoms in total. The number of pyridine rings is 1. The molecule has 1 amide bonds. The van der Waals surface area contributed by atoms with Crippen LogP contribution in [-0.4, -0.2) is 35.8 Å². The average Bonchev–Trinajstić information content (AvgIpc) is 3.15. The number of para-hydroxylation sites is 1. The van der Waals surface area contributed by atoms with Gasteiger partial charge in [0.15, 0.2) is 5.16 Å². The van der Waals surface area contributed by atoms with E-state index in [2.05, 4.69) is 27.4 Å². The van der Waals surface area contributed by atoms with Gasteiger partial charge in [0.1, 0.15) is 11.5 Å². The van der Waals surface area contributed by atoms with Crippen molar-refractivity contribution in [3.05, 3.63) is 81.2 Å². The van der Waals surface area contributed by atoms with Gasteiger partial charge in [-0.1, -0.05) is 43.0 Å². The molecule has 4 aromatic rings. The van der Waals surface area contributed by atoms with Crippen LogP contribution in [0.25, 0.3) is 5.65 Å². The Bertz CT molecular complexity index is 1390. The number of hydrogen-bond donors (Lipinski definition) is 1. The van der Waals surface area contributed by atoms with E-state index in [-0.39, 0.29) is 17.2 Å². The van der Waals surface area contributed by atoms with Crippen molar-refractivity contribution in [1.29, 1.82) is 0 Å². The Hall–Kier alpha value is -3.46. The SMILES string of the molecule is CCc1ccccc1NC(=O)CSc1nnc(Cc2c(C)nc3ccc(C)cn3c2=O)n1C. The lowest BCUT2D eigenvalue weighted by Gasteiger charge is -2.10. The number of benzene rings is 1. The summed E-state index contributed by atoms with van der Waals surface area (Å²) in [6, 6.07) is 11.6. The van der Waals surface area contributed by atoms with Gasteiger partial charge < -0.3 is 9.88 Å². The second-order valence-corrected chi connectivity index (χ2v) is 8.84. The highest BCUT2D eigenvalue weighted by Gasteiger charge is 2.17. The first-order valence-electron chi connectivity index (χ1n) is 10.7. The van der Waals surface area contributed by atoms with E-state index < -0.39 is 0 Å². The highest BCUT2D eigenvalue weighted by molar-refractivity contribution is 7.99. The van der Waals surface area contributed by atoms with Gasteiger partial charge in [0.2, 0.25) is 5.91 Å². The van der Waals surface area contributed by atoms with E-state index in [1.165, 1.54) is 11.8 Å². The molecule has 33 heavy (non-hydrogen) atoms. The Labute approximate surface area is 196 Å². The average molecular weight is 463 g/mol. The molecule has 0 saturated carbocycles. The molecule has 170 valence electrons. The van der Waals surface area contributed by atoms with Crippen LogP contribution in [-0.2, 0) is 24.7 Å². The smallest absolute Gasteiger partial charge is 0.261 e. The topological polar surface area (TPSA) is 94.2 Å². The molecule has 1 aromatic carbocycles. The van der Waals surface area contributed by atoms with E-state index in [9.17, 15) is 9.59 Å². The number of nitrogens with one attached hydrogen (secondary N) is 1. The number of carbonyl (C=O) groups is 1. The normalized spacial score (nSPS) is 11.2. The first-order valence-corrected chi connectivity index (χ1v) is 11.7. The molecule has 0 fully saturated rings. The third-order valence-electron chi connectivity index (χ3n) is 5.54. The maximum Gasteiger partial charge on any atom is 0.261 e. The number of anilines is 1. The lowest BCUT2D eigenvalue weighted by Crippen LogP contribution is -2.22. The zero-order valence-corrected chi connectivity index (χ0v) is 19.9. The van der Waals surface area contributed by atoms with Crippen LogP contribution in [0.3, 0.4) is 0 Å². The number of aryl methyl sites for hydroxylation is 3. The minimum absolute atomic E-state index is 0.103. The van der Waals surface area contributed by atoms with Crippen LogP contribution in [0.1, 0.15) is 35.1 Å². The summed E-state index contributed by atoms with van der Waals surface area (Å²) in [6.07, 6.45) is 2.95. The van der Waals surface area contributed by atoms with Gasteiger partial charge in [0.05, 0.1) is 5.75 Å². The number of nitrogens with zero attached hydrogens (tertiary/aromatic N) is 5. The Morgan fingerprint density at radius 1 is 1.12 bits per heavy atom. The fourth-order valence-corrected chi connectivity index (χ4v) is 4.38. The van der Waals surface area contributed by atoms with Gasteiger partial charge >= 0.3 is 0 Å². The standard InChI is InChI=1S/C24H26N6O2S/c1-5-17-8-6-7-9-19(17)26-22(31)14-33-24-28-27-21(29(24)4)12-18-16(3)25-20-11-10-15(2)13-30(20)23(18)32/h6-11,13H,5,12,14H2,1-4H3,(H,26,31). The Morgan fingerprint density at radius 3 is 2.70 bits per heavy atom. The second-order valence-electron chi connectivity index (χ2n) is 7.90. The minimum Gasteiger partial charge on any atom is -0.325 e. The van der Waals surface area contributed by atoms with Crippen LogP contribution in [0.5, 0.6) is 0 Å². The van der Waals surface area contributed by atoms with Crippen molar-refractivity contribution in [2.45, 2.75) is 38.8 Å². The second kappa shape index (κ2) is 9.58. The van der Waals surface area contributed by atoms with Gasteiger partial charge in [-0.2, -0.15) is 0 Å². The molecule has 0 aliphatic heterocycles. The lowest BCUT2D eigenvalue weighted by atomic mass is 10.1. The van der Waals surface area contributed by atoms with E-state index in [1.54, 1.807) is 10.6 Å². The van der Waals surface area contributed by atoms with Gasteiger partial charge in [-0.25, -0.2) is 4.98 Å². The predicted molar refractivity (Wildman–Crippen MR) is 130 cm³/mol. The number of hydrogen-bond acceptors (Lipinski definition) is 6. The Kier molecular flexibility index (Phi) is 6.60. The summed E-state index contributed by atoms with van der Waals surface area (Å²) in [5, 5.41) is 12.1. The molecule has 4 rings (SSSR count). The molecule has 0 aliphatic rings. The number of rotatable bonds is 7. The quantitative estimate of drug-likeness (QED) is 0.424. The van der Waals surface area contributed by atoms with E-state index in [0.717, 1.165) is 23.2 Å². The zero-order valence-electron chi connectivity index (χ0n) is 19.1. The van der Waals surface area contributed by atoms with Crippen molar-refractivity contribution in [3.8, 4) is 0 Å². The fourth-order valence-electron chi connectivity index (χ4n) is 3.65. The van der Waals surface area contributed by atoms with Gasteiger partial charge in [0.25, 0.3) is 5.56 Å². The first-order chi connectivity index (χ1) is 15.9. The maximum absolute atomic E-state index is 13.1. The fraction of sp³-hybridized carbons (Fsp3) is 0.292. The highest BCUT2D eigenvalue weighted by atomic mass is 32.2. The van der Waals surface area contributed by atoms with Crippen molar-refractivity contribution >= 4 is 29.0 Å². The molecular weight excluding hydrogens is 436 g/mol. The first kappa shape index (κ1) is 22.7.